The molecule has 2 heteroatoms. The molecule has 0 saturated heterocycles. The van der Waals surface area contributed by atoms with Crippen molar-refractivity contribution in [3.05, 3.63) is 24.3 Å². The van der Waals surface area contributed by atoms with Gasteiger partial charge in [-0.1, -0.05) is 12.7 Å². The summed E-state index contributed by atoms with van der Waals surface area (Å²) in [6, 6.07) is 0. The van der Waals surface area contributed by atoms with Gasteiger partial charge in [0.25, 0.3) is 0 Å². The summed E-state index contributed by atoms with van der Waals surface area (Å²) in [5, 5.41) is 8.90. The van der Waals surface area contributed by atoms with Crippen LogP contribution < -0.4 is 0 Å². The van der Waals surface area contributed by atoms with Gasteiger partial charge in [-0.2, -0.15) is 0 Å². The van der Waals surface area contributed by atoms with Crippen LogP contribution in [0.2, 0.25) is 0 Å². The molecule has 1 aliphatic carbocycles. The first-order valence-corrected chi connectivity index (χ1v) is 2.78. The molecule has 0 spiro atoms. The largest absolute Gasteiger partial charge is 0.389 e. The average molecular weight is 124 g/mol. The van der Waals surface area contributed by atoms with E-state index in [2.05, 4.69) is 6.58 Å². The Balaban J connectivity index is 2.77. The smallest absolute Gasteiger partial charge is 0.181 e. The van der Waals surface area contributed by atoms with Gasteiger partial charge in [0.1, 0.15) is 0 Å². The molecule has 0 fully saturated rings. The molecule has 0 heterocycles. The molecule has 1 rings (SSSR count). The lowest BCUT2D eigenvalue weighted by atomic mass is 10.00. The Labute approximate surface area is 53.5 Å². The van der Waals surface area contributed by atoms with E-state index in [4.69, 9.17) is 5.11 Å². The molecule has 0 aromatic heterocycles. The Morgan fingerprint density at radius 2 is 2.44 bits per heavy atom. The zero-order valence-corrected chi connectivity index (χ0v) is 5.00. The van der Waals surface area contributed by atoms with Gasteiger partial charge in [0.05, 0.1) is 6.10 Å². The Bertz CT molecular complexity index is 179. The van der Waals surface area contributed by atoms with Crippen molar-refractivity contribution in [3.63, 3.8) is 0 Å². The third-order valence-electron chi connectivity index (χ3n) is 1.27. The van der Waals surface area contributed by atoms with Crippen molar-refractivity contribution in [2.75, 3.05) is 0 Å². The van der Waals surface area contributed by atoms with E-state index >= 15 is 0 Å². The van der Waals surface area contributed by atoms with Crippen LogP contribution in [-0.2, 0) is 4.79 Å². The molecule has 9 heavy (non-hydrogen) atoms. The highest BCUT2D eigenvalue weighted by Gasteiger charge is 2.12. The number of allylic oxidation sites excluding steroid dienone is 1. The van der Waals surface area contributed by atoms with E-state index in [1.54, 1.807) is 0 Å². The molecule has 0 radical (unpaired) electrons. The molecule has 0 amide bonds. The number of carbonyl (C=O) groups excluding carboxylic acids is 1. The molecule has 1 unspecified atom stereocenters. The lowest BCUT2D eigenvalue weighted by Crippen LogP contribution is -2.13. The van der Waals surface area contributed by atoms with Crippen LogP contribution in [0, 0.1) is 0 Å². The fourth-order valence-electron chi connectivity index (χ4n) is 0.737. The Kier molecular flexibility index (Phi) is 1.49. The van der Waals surface area contributed by atoms with Crippen molar-refractivity contribution in [1.29, 1.82) is 0 Å². The van der Waals surface area contributed by atoms with E-state index in [0.717, 1.165) is 0 Å². The Morgan fingerprint density at radius 3 is 2.89 bits per heavy atom. The second-order valence-electron chi connectivity index (χ2n) is 2.10. The van der Waals surface area contributed by atoms with Crippen molar-refractivity contribution < 1.29 is 9.90 Å². The van der Waals surface area contributed by atoms with Crippen LogP contribution in [0.5, 0.6) is 0 Å². The predicted octanol–water partition coefficient (Wildman–Crippen LogP) is 0.432. The van der Waals surface area contributed by atoms with E-state index < -0.39 is 6.10 Å². The normalized spacial score (nSPS) is 27.0. The van der Waals surface area contributed by atoms with Crippen LogP contribution >= 0.6 is 0 Å². The SMILES string of the molecule is C=C1CC(O)C=CC1=O. The van der Waals surface area contributed by atoms with Gasteiger partial charge in [-0.25, -0.2) is 0 Å². The van der Waals surface area contributed by atoms with E-state index in [-0.39, 0.29) is 5.78 Å². The van der Waals surface area contributed by atoms with Crippen LogP contribution in [0.3, 0.4) is 0 Å². The molecule has 1 N–H and O–H groups in total. The highest BCUT2D eigenvalue weighted by atomic mass is 16.3. The van der Waals surface area contributed by atoms with E-state index in [1.165, 1.54) is 12.2 Å². The van der Waals surface area contributed by atoms with Gasteiger partial charge in [-0.05, 0) is 11.6 Å². The van der Waals surface area contributed by atoms with Gasteiger partial charge >= 0.3 is 0 Å². The first kappa shape index (κ1) is 6.23. The molecule has 2 nitrogen and oxygen atoms in total. The van der Waals surface area contributed by atoms with E-state index in [9.17, 15) is 4.79 Å². The Hall–Kier alpha value is -0.890. The van der Waals surface area contributed by atoms with Crippen molar-refractivity contribution in [2.24, 2.45) is 0 Å². The first-order chi connectivity index (χ1) is 4.20. The summed E-state index contributed by atoms with van der Waals surface area (Å²) >= 11 is 0. The number of aliphatic hydroxyl groups excluding tert-OH is 1. The summed E-state index contributed by atoms with van der Waals surface area (Å²) in [7, 11) is 0. The Morgan fingerprint density at radius 1 is 1.78 bits per heavy atom. The summed E-state index contributed by atoms with van der Waals surface area (Å²) in [6.07, 6.45) is 2.72. The van der Waals surface area contributed by atoms with Gasteiger partial charge in [0.15, 0.2) is 5.78 Å². The van der Waals surface area contributed by atoms with Crippen LogP contribution in [0.4, 0.5) is 0 Å². The highest BCUT2D eigenvalue weighted by molar-refractivity contribution is 6.04. The van der Waals surface area contributed by atoms with E-state index in [1.807, 2.05) is 0 Å². The van der Waals surface area contributed by atoms with E-state index in [0.29, 0.717) is 12.0 Å². The topological polar surface area (TPSA) is 37.3 Å². The minimum absolute atomic E-state index is 0.0692. The third kappa shape index (κ3) is 1.27. The number of hydrogen-bond acceptors (Lipinski definition) is 2. The minimum Gasteiger partial charge on any atom is -0.389 e. The minimum atomic E-state index is -0.504. The molecule has 1 atom stereocenters. The maximum Gasteiger partial charge on any atom is 0.181 e. The lowest BCUT2D eigenvalue weighted by molar-refractivity contribution is -0.112. The number of hydrogen-bond donors (Lipinski definition) is 1. The summed E-state index contributed by atoms with van der Waals surface area (Å²) in [5.41, 5.74) is 0.491. The maximum absolute atomic E-state index is 10.6. The summed E-state index contributed by atoms with van der Waals surface area (Å²) in [5.74, 6) is -0.0692. The standard InChI is InChI=1S/C7H8O2/c1-5-4-6(8)2-3-7(5)9/h2-3,6,8H,1,4H2. The van der Waals surface area contributed by atoms with Gasteiger partial charge in [0, 0.05) is 6.42 Å². The van der Waals surface area contributed by atoms with Crippen molar-refractivity contribution >= 4 is 5.78 Å². The van der Waals surface area contributed by atoms with Crippen LogP contribution in [0.15, 0.2) is 24.3 Å². The molecule has 0 saturated carbocycles. The number of carbonyl (C=O) groups is 1. The molecule has 48 valence electrons. The zero-order valence-electron chi connectivity index (χ0n) is 5.00. The lowest BCUT2D eigenvalue weighted by Gasteiger charge is -2.10. The van der Waals surface area contributed by atoms with Crippen molar-refractivity contribution in [2.45, 2.75) is 12.5 Å². The monoisotopic (exact) mass is 124 g/mol. The first-order valence-electron chi connectivity index (χ1n) is 2.78. The third-order valence-corrected chi connectivity index (χ3v) is 1.27. The van der Waals surface area contributed by atoms with Crippen molar-refractivity contribution in [1.82, 2.24) is 0 Å². The molecule has 1 aliphatic rings. The van der Waals surface area contributed by atoms with Crippen LogP contribution in [-0.4, -0.2) is 17.0 Å². The van der Waals surface area contributed by atoms with Gasteiger partial charge in [-0.15, -0.1) is 0 Å². The van der Waals surface area contributed by atoms with Gasteiger partial charge in [0.2, 0.25) is 0 Å². The zero-order chi connectivity index (χ0) is 6.85. The number of ketones is 1. The molecular formula is C7H8O2. The predicted molar refractivity (Wildman–Crippen MR) is 33.9 cm³/mol. The molecular weight excluding hydrogens is 116 g/mol. The molecule has 0 aromatic rings. The maximum atomic E-state index is 10.6. The van der Waals surface area contributed by atoms with Crippen molar-refractivity contribution in [3.8, 4) is 0 Å². The number of rotatable bonds is 0. The van der Waals surface area contributed by atoms with Crippen LogP contribution in [0.1, 0.15) is 6.42 Å². The number of aliphatic hydroxyl groups is 1. The highest BCUT2D eigenvalue weighted by Crippen LogP contribution is 2.11. The summed E-state index contributed by atoms with van der Waals surface area (Å²) in [4.78, 5) is 10.6. The molecule has 0 aliphatic heterocycles. The molecule has 0 aromatic carbocycles. The summed E-state index contributed by atoms with van der Waals surface area (Å²) < 4.78 is 0. The second-order valence-corrected chi connectivity index (χ2v) is 2.10. The second kappa shape index (κ2) is 2.15. The molecule has 0 bridgehead atoms. The van der Waals surface area contributed by atoms with Gasteiger partial charge in [-0.3, -0.25) is 4.79 Å². The fourth-order valence-corrected chi connectivity index (χ4v) is 0.737. The summed E-state index contributed by atoms with van der Waals surface area (Å²) in [6.45, 7) is 3.48. The van der Waals surface area contributed by atoms with Crippen LogP contribution in [0.25, 0.3) is 0 Å². The quantitative estimate of drug-likeness (QED) is 0.475. The van der Waals surface area contributed by atoms with Gasteiger partial charge < -0.3 is 5.11 Å². The average Bonchev–Trinajstić information content (AvgIpc) is 1.80. The fraction of sp³-hybridized carbons (Fsp3) is 0.286.